The van der Waals surface area contributed by atoms with Gasteiger partial charge in [0.1, 0.15) is 0 Å². The van der Waals surface area contributed by atoms with Gasteiger partial charge in [-0.1, -0.05) is 31.9 Å². The minimum absolute atomic E-state index is 0.105. The topological polar surface area (TPSA) is 17.1 Å². The first-order chi connectivity index (χ1) is 5.62. The third-order valence-corrected chi connectivity index (χ3v) is 2.99. The van der Waals surface area contributed by atoms with E-state index in [-0.39, 0.29) is 11.2 Å². The monoisotopic (exact) mass is 186 g/mol. The third-order valence-electron chi connectivity index (χ3n) is 2.86. The maximum Gasteiger partial charge on any atom is 0.162 e. The van der Waals surface area contributed by atoms with E-state index in [1.165, 1.54) is 18.0 Å². The Morgan fingerprint density at radius 2 is 2.25 bits per heavy atom. The summed E-state index contributed by atoms with van der Waals surface area (Å²) in [7, 11) is 0. The molecule has 0 heterocycles. The Labute approximate surface area is 78.8 Å². The second kappa shape index (κ2) is 3.61. The van der Waals surface area contributed by atoms with Crippen LogP contribution in [0, 0.1) is 11.3 Å². The zero-order chi connectivity index (χ0) is 9.19. The van der Waals surface area contributed by atoms with Gasteiger partial charge in [-0.25, -0.2) is 0 Å². The van der Waals surface area contributed by atoms with Gasteiger partial charge in [0.15, 0.2) is 5.78 Å². The molecule has 0 N–H and O–H groups in total. The number of rotatable bonds is 3. The quantitative estimate of drug-likeness (QED) is 0.619. The molecule has 1 fully saturated rings. The number of hydrogen-bond acceptors (Lipinski definition) is 1. The van der Waals surface area contributed by atoms with Crippen LogP contribution in [0.25, 0.3) is 0 Å². The Morgan fingerprint density at radius 3 is 2.67 bits per heavy atom. The van der Waals surface area contributed by atoms with Crippen LogP contribution >= 0.6 is 11.6 Å². The Hall–Kier alpha value is -0.300. The number of hydrogen-bond donors (Lipinski definition) is 0. The van der Waals surface area contributed by atoms with E-state index in [4.69, 9.17) is 11.6 Å². The maximum atomic E-state index is 11.4. The summed E-state index contributed by atoms with van der Waals surface area (Å²) in [4.78, 5) is 11.4. The molecular formula is C10H15ClO. The van der Waals surface area contributed by atoms with Crippen LogP contribution in [0.1, 0.15) is 33.1 Å². The van der Waals surface area contributed by atoms with E-state index in [2.05, 4.69) is 6.92 Å². The molecule has 0 aromatic heterocycles. The molecule has 1 aliphatic carbocycles. The van der Waals surface area contributed by atoms with Crippen LogP contribution in [0.3, 0.4) is 0 Å². The summed E-state index contributed by atoms with van der Waals surface area (Å²) in [5.74, 6) is 0.935. The second-order valence-electron chi connectivity index (χ2n) is 3.90. The molecule has 0 aromatic carbocycles. The largest absolute Gasteiger partial charge is 0.294 e. The van der Waals surface area contributed by atoms with Crippen LogP contribution in [0.15, 0.2) is 11.6 Å². The Bertz CT molecular complexity index is 202. The molecule has 0 radical (unpaired) electrons. The standard InChI is InChI=1S/C10H15ClO/c1-3-8-6-10(2,7-8)9(12)4-5-11/h4-5,8H,3,6-7H2,1-2H3. The lowest BCUT2D eigenvalue weighted by atomic mass is 9.60. The predicted octanol–water partition coefficient (Wildman–Crippen LogP) is 3.13. The SMILES string of the molecule is CCC1CC(C)(C(=O)C=CCl)C1. The Kier molecular flexibility index (Phi) is 2.94. The summed E-state index contributed by atoms with van der Waals surface area (Å²) in [6.45, 7) is 4.20. The Balaban J connectivity index is 2.49. The highest BCUT2D eigenvalue weighted by Gasteiger charge is 2.43. The van der Waals surface area contributed by atoms with Gasteiger partial charge >= 0.3 is 0 Å². The van der Waals surface area contributed by atoms with E-state index in [1.807, 2.05) is 6.92 Å². The number of carbonyl (C=O) groups excluding carboxylic acids is 1. The average Bonchev–Trinajstić information content (AvgIpc) is 1.99. The molecule has 0 atom stereocenters. The van der Waals surface area contributed by atoms with Crippen LogP contribution < -0.4 is 0 Å². The zero-order valence-corrected chi connectivity index (χ0v) is 8.40. The van der Waals surface area contributed by atoms with E-state index in [0.717, 1.165) is 18.8 Å². The van der Waals surface area contributed by atoms with Crippen molar-refractivity contribution >= 4 is 17.4 Å². The van der Waals surface area contributed by atoms with E-state index in [0.29, 0.717) is 0 Å². The van der Waals surface area contributed by atoms with Crippen molar-refractivity contribution in [2.75, 3.05) is 0 Å². The van der Waals surface area contributed by atoms with E-state index in [9.17, 15) is 4.79 Å². The molecule has 1 saturated carbocycles. The van der Waals surface area contributed by atoms with Crippen molar-refractivity contribution in [1.82, 2.24) is 0 Å². The van der Waals surface area contributed by atoms with Gasteiger partial charge in [-0.3, -0.25) is 4.79 Å². The van der Waals surface area contributed by atoms with E-state index >= 15 is 0 Å². The molecule has 0 bridgehead atoms. The van der Waals surface area contributed by atoms with Crippen molar-refractivity contribution in [3.05, 3.63) is 11.6 Å². The van der Waals surface area contributed by atoms with Crippen LogP contribution in [-0.2, 0) is 4.79 Å². The first-order valence-corrected chi connectivity index (χ1v) is 4.87. The molecule has 2 heteroatoms. The molecule has 0 spiro atoms. The molecule has 0 saturated heterocycles. The van der Waals surface area contributed by atoms with E-state index in [1.54, 1.807) is 0 Å². The normalized spacial score (nSPS) is 35.1. The molecule has 12 heavy (non-hydrogen) atoms. The molecule has 1 rings (SSSR count). The lowest BCUT2D eigenvalue weighted by Gasteiger charge is -2.43. The second-order valence-corrected chi connectivity index (χ2v) is 4.15. The van der Waals surface area contributed by atoms with Gasteiger partial charge in [0, 0.05) is 11.0 Å². The Morgan fingerprint density at radius 1 is 1.67 bits per heavy atom. The summed E-state index contributed by atoms with van der Waals surface area (Å²) >= 11 is 5.35. The maximum absolute atomic E-state index is 11.4. The average molecular weight is 187 g/mol. The summed E-state index contributed by atoms with van der Waals surface area (Å²) in [6.07, 6.45) is 4.73. The van der Waals surface area contributed by atoms with Crippen molar-refractivity contribution in [3.63, 3.8) is 0 Å². The lowest BCUT2D eigenvalue weighted by molar-refractivity contribution is -0.130. The van der Waals surface area contributed by atoms with Gasteiger partial charge in [0.2, 0.25) is 0 Å². The zero-order valence-electron chi connectivity index (χ0n) is 7.64. The molecule has 0 amide bonds. The fourth-order valence-electron chi connectivity index (χ4n) is 1.96. The summed E-state index contributed by atoms with van der Waals surface area (Å²) in [5, 5.41) is 0. The van der Waals surface area contributed by atoms with Crippen LogP contribution in [-0.4, -0.2) is 5.78 Å². The van der Waals surface area contributed by atoms with Crippen molar-refractivity contribution in [3.8, 4) is 0 Å². The van der Waals surface area contributed by atoms with Gasteiger partial charge in [-0.15, -0.1) is 0 Å². The molecule has 68 valence electrons. The van der Waals surface area contributed by atoms with Crippen molar-refractivity contribution < 1.29 is 4.79 Å². The van der Waals surface area contributed by atoms with Crippen molar-refractivity contribution in [1.29, 1.82) is 0 Å². The third kappa shape index (κ3) is 1.71. The summed E-state index contributed by atoms with van der Waals surface area (Å²) in [6, 6.07) is 0. The van der Waals surface area contributed by atoms with Gasteiger partial charge in [-0.05, 0) is 24.8 Å². The van der Waals surface area contributed by atoms with Gasteiger partial charge in [-0.2, -0.15) is 0 Å². The van der Waals surface area contributed by atoms with Crippen molar-refractivity contribution in [2.45, 2.75) is 33.1 Å². The minimum atomic E-state index is -0.105. The smallest absolute Gasteiger partial charge is 0.162 e. The molecule has 0 unspecified atom stereocenters. The predicted molar refractivity (Wildman–Crippen MR) is 51.1 cm³/mol. The fourth-order valence-corrected chi connectivity index (χ4v) is 2.08. The van der Waals surface area contributed by atoms with Crippen LogP contribution in [0.5, 0.6) is 0 Å². The van der Waals surface area contributed by atoms with E-state index < -0.39 is 0 Å². The molecule has 0 aromatic rings. The van der Waals surface area contributed by atoms with Gasteiger partial charge in [0.25, 0.3) is 0 Å². The lowest BCUT2D eigenvalue weighted by Crippen LogP contribution is -2.40. The highest BCUT2D eigenvalue weighted by molar-refractivity contribution is 6.27. The molecular weight excluding hydrogens is 172 g/mol. The number of allylic oxidation sites excluding steroid dienone is 1. The molecule has 1 aliphatic rings. The van der Waals surface area contributed by atoms with Gasteiger partial charge in [0.05, 0.1) is 0 Å². The van der Waals surface area contributed by atoms with Crippen molar-refractivity contribution in [2.24, 2.45) is 11.3 Å². The molecule has 0 aliphatic heterocycles. The highest BCUT2D eigenvalue weighted by Crippen LogP contribution is 2.47. The highest BCUT2D eigenvalue weighted by atomic mass is 35.5. The number of ketones is 1. The number of halogens is 1. The van der Waals surface area contributed by atoms with Crippen LogP contribution in [0.2, 0.25) is 0 Å². The first-order valence-electron chi connectivity index (χ1n) is 4.43. The summed E-state index contributed by atoms with van der Waals surface area (Å²) in [5.41, 5.74) is 1.21. The fraction of sp³-hybridized carbons (Fsp3) is 0.700. The molecule has 1 nitrogen and oxygen atoms in total. The van der Waals surface area contributed by atoms with Crippen LogP contribution in [0.4, 0.5) is 0 Å². The first kappa shape index (κ1) is 9.79. The van der Waals surface area contributed by atoms with Gasteiger partial charge < -0.3 is 0 Å². The minimum Gasteiger partial charge on any atom is -0.294 e. The summed E-state index contributed by atoms with van der Waals surface area (Å²) < 4.78 is 0. The number of carbonyl (C=O) groups is 1.